The van der Waals surface area contributed by atoms with Crippen LogP contribution < -0.4 is 10.6 Å². The lowest BCUT2D eigenvalue weighted by Crippen LogP contribution is -2.30. The minimum atomic E-state index is 0.0931. The Labute approximate surface area is 119 Å². The Balaban J connectivity index is 1.47. The first kappa shape index (κ1) is 13.6. The predicted octanol–water partition coefficient (Wildman–Crippen LogP) is 1.87. The monoisotopic (exact) mass is 274 g/mol. The van der Waals surface area contributed by atoms with Gasteiger partial charge in [0.2, 0.25) is 5.91 Å². The first-order valence-corrected chi connectivity index (χ1v) is 7.51. The zero-order chi connectivity index (χ0) is 13.8. The topological polar surface area (TPSA) is 50.4 Å². The SMILES string of the molecule is O=C(CC1CCCCO1)NCc1ccc2c(c1)CNC2. The molecule has 0 aromatic heterocycles. The van der Waals surface area contributed by atoms with E-state index in [4.69, 9.17) is 4.74 Å². The van der Waals surface area contributed by atoms with Gasteiger partial charge in [0.1, 0.15) is 0 Å². The molecule has 1 amide bonds. The van der Waals surface area contributed by atoms with Crippen LogP contribution in [0.3, 0.4) is 0 Å². The summed E-state index contributed by atoms with van der Waals surface area (Å²) in [5.41, 5.74) is 3.90. The Morgan fingerprint density at radius 3 is 3.05 bits per heavy atom. The molecule has 0 spiro atoms. The number of amides is 1. The van der Waals surface area contributed by atoms with Gasteiger partial charge in [0, 0.05) is 26.2 Å². The van der Waals surface area contributed by atoms with Crippen molar-refractivity contribution in [3.8, 4) is 0 Å². The molecule has 20 heavy (non-hydrogen) atoms. The molecule has 4 nitrogen and oxygen atoms in total. The molecule has 1 aromatic rings. The third-order valence-electron chi connectivity index (χ3n) is 4.08. The molecule has 1 atom stereocenters. The van der Waals surface area contributed by atoms with Crippen LogP contribution in [-0.2, 0) is 29.2 Å². The Morgan fingerprint density at radius 1 is 1.30 bits per heavy atom. The van der Waals surface area contributed by atoms with Gasteiger partial charge in [0.15, 0.2) is 0 Å². The average Bonchev–Trinajstić information content (AvgIpc) is 2.93. The van der Waals surface area contributed by atoms with Crippen molar-refractivity contribution in [1.29, 1.82) is 0 Å². The van der Waals surface area contributed by atoms with Crippen molar-refractivity contribution in [2.75, 3.05) is 6.61 Å². The molecule has 0 saturated carbocycles. The van der Waals surface area contributed by atoms with E-state index in [-0.39, 0.29) is 12.0 Å². The van der Waals surface area contributed by atoms with Crippen molar-refractivity contribution < 1.29 is 9.53 Å². The van der Waals surface area contributed by atoms with Gasteiger partial charge in [-0.3, -0.25) is 4.79 Å². The minimum Gasteiger partial charge on any atom is -0.378 e. The summed E-state index contributed by atoms with van der Waals surface area (Å²) in [4.78, 5) is 11.9. The first-order chi connectivity index (χ1) is 9.81. The normalized spacial score (nSPS) is 21.5. The third-order valence-corrected chi connectivity index (χ3v) is 4.08. The Bertz CT molecular complexity index is 481. The summed E-state index contributed by atoms with van der Waals surface area (Å²) in [6.45, 7) is 3.31. The van der Waals surface area contributed by atoms with Gasteiger partial charge in [0.05, 0.1) is 12.5 Å². The molecule has 4 heteroatoms. The van der Waals surface area contributed by atoms with Gasteiger partial charge in [-0.1, -0.05) is 18.2 Å². The number of fused-ring (bicyclic) bond motifs is 1. The maximum absolute atomic E-state index is 11.9. The van der Waals surface area contributed by atoms with Crippen molar-refractivity contribution >= 4 is 5.91 Å². The number of hydrogen-bond donors (Lipinski definition) is 2. The van der Waals surface area contributed by atoms with Crippen LogP contribution in [0.1, 0.15) is 42.4 Å². The van der Waals surface area contributed by atoms with E-state index >= 15 is 0 Å². The van der Waals surface area contributed by atoms with E-state index in [1.165, 1.54) is 23.1 Å². The van der Waals surface area contributed by atoms with Gasteiger partial charge in [-0.2, -0.15) is 0 Å². The Morgan fingerprint density at radius 2 is 2.20 bits per heavy atom. The number of benzene rings is 1. The smallest absolute Gasteiger partial charge is 0.222 e. The maximum atomic E-state index is 11.9. The van der Waals surface area contributed by atoms with E-state index in [0.717, 1.165) is 32.5 Å². The first-order valence-electron chi connectivity index (χ1n) is 7.51. The van der Waals surface area contributed by atoms with Crippen LogP contribution in [0.2, 0.25) is 0 Å². The third kappa shape index (κ3) is 3.38. The maximum Gasteiger partial charge on any atom is 0.222 e. The van der Waals surface area contributed by atoms with Gasteiger partial charge in [-0.05, 0) is 36.0 Å². The molecular weight excluding hydrogens is 252 g/mol. The van der Waals surface area contributed by atoms with Crippen molar-refractivity contribution in [1.82, 2.24) is 10.6 Å². The number of carbonyl (C=O) groups excluding carboxylic acids is 1. The highest BCUT2D eigenvalue weighted by Gasteiger charge is 2.17. The summed E-state index contributed by atoms with van der Waals surface area (Å²) in [5, 5.41) is 6.33. The lowest BCUT2D eigenvalue weighted by molar-refractivity contribution is -0.125. The number of nitrogens with one attached hydrogen (secondary N) is 2. The lowest BCUT2D eigenvalue weighted by Gasteiger charge is -2.21. The van der Waals surface area contributed by atoms with Crippen LogP contribution in [0.25, 0.3) is 0 Å². The van der Waals surface area contributed by atoms with Crippen LogP contribution in [-0.4, -0.2) is 18.6 Å². The van der Waals surface area contributed by atoms with E-state index in [2.05, 4.69) is 28.8 Å². The predicted molar refractivity (Wildman–Crippen MR) is 77.0 cm³/mol. The molecule has 3 rings (SSSR count). The summed E-state index contributed by atoms with van der Waals surface area (Å²) in [6, 6.07) is 6.44. The quantitative estimate of drug-likeness (QED) is 0.881. The summed E-state index contributed by atoms with van der Waals surface area (Å²) in [7, 11) is 0. The zero-order valence-electron chi connectivity index (χ0n) is 11.8. The molecule has 2 heterocycles. The number of hydrogen-bond acceptors (Lipinski definition) is 3. The van der Waals surface area contributed by atoms with Crippen molar-refractivity contribution in [2.24, 2.45) is 0 Å². The second-order valence-electron chi connectivity index (χ2n) is 5.68. The molecule has 0 bridgehead atoms. The number of rotatable bonds is 4. The largest absolute Gasteiger partial charge is 0.378 e. The molecule has 2 N–H and O–H groups in total. The number of carbonyl (C=O) groups is 1. The summed E-state index contributed by atoms with van der Waals surface area (Å²) in [6.07, 6.45) is 3.93. The summed E-state index contributed by atoms with van der Waals surface area (Å²) < 4.78 is 5.59. The zero-order valence-corrected chi connectivity index (χ0v) is 11.8. The van der Waals surface area contributed by atoms with E-state index in [9.17, 15) is 4.79 Å². The second-order valence-corrected chi connectivity index (χ2v) is 5.68. The van der Waals surface area contributed by atoms with Crippen LogP contribution in [0.5, 0.6) is 0 Å². The molecule has 0 radical (unpaired) electrons. The molecular formula is C16H22N2O2. The van der Waals surface area contributed by atoms with Gasteiger partial charge >= 0.3 is 0 Å². The van der Waals surface area contributed by atoms with Gasteiger partial charge < -0.3 is 15.4 Å². The van der Waals surface area contributed by atoms with Crippen LogP contribution in [0.15, 0.2) is 18.2 Å². The van der Waals surface area contributed by atoms with Crippen LogP contribution in [0, 0.1) is 0 Å². The van der Waals surface area contributed by atoms with Crippen molar-refractivity contribution in [3.63, 3.8) is 0 Å². The van der Waals surface area contributed by atoms with E-state index in [1.807, 2.05) is 0 Å². The molecule has 2 aliphatic rings. The highest BCUT2D eigenvalue weighted by atomic mass is 16.5. The van der Waals surface area contributed by atoms with Crippen LogP contribution in [0.4, 0.5) is 0 Å². The molecule has 1 fully saturated rings. The van der Waals surface area contributed by atoms with E-state index in [1.54, 1.807) is 0 Å². The molecule has 1 unspecified atom stereocenters. The lowest BCUT2D eigenvalue weighted by atomic mass is 10.1. The molecule has 2 aliphatic heterocycles. The van der Waals surface area contributed by atoms with Gasteiger partial charge in [-0.15, -0.1) is 0 Å². The highest BCUT2D eigenvalue weighted by Crippen LogP contribution is 2.17. The van der Waals surface area contributed by atoms with Crippen molar-refractivity contribution in [3.05, 3.63) is 34.9 Å². The summed E-state index contributed by atoms with van der Waals surface area (Å²) in [5.74, 6) is 0.0931. The molecule has 0 aliphatic carbocycles. The van der Waals surface area contributed by atoms with Crippen LogP contribution >= 0.6 is 0 Å². The van der Waals surface area contributed by atoms with E-state index < -0.39 is 0 Å². The molecule has 1 aromatic carbocycles. The fourth-order valence-electron chi connectivity index (χ4n) is 2.91. The Kier molecular flexibility index (Phi) is 4.33. The van der Waals surface area contributed by atoms with Gasteiger partial charge in [-0.25, -0.2) is 0 Å². The second kappa shape index (κ2) is 6.37. The van der Waals surface area contributed by atoms with Gasteiger partial charge in [0.25, 0.3) is 0 Å². The molecule has 1 saturated heterocycles. The van der Waals surface area contributed by atoms with Crippen molar-refractivity contribution in [2.45, 2.75) is 51.4 Å². The fourth-order valence-corrected chi connectivity index (χ4v) is 2.91. The standard InChI is InChI=1S/C16H22N2O2/c19-16(8-15-3-1-2-6-20-15)18-9-12-4-5-13-10-17-11-14(13)7-12/h4-5,7,15,17H,1-3,6,8-11H2,(H,18,19). The Hall–Kier alpha value is -1.39. The highest BCUT2D eigenvalue weighted by molar-refractivity contribution is 5.76. The fraction of sp³-hybridized carbons (Fsp3) is 0.562. The minimum absolute atomic E-state index is 0.0931. The summed E-state index contributed by atoms with van der Waals surface area (Å²) >= 11 is 0. The van der Waals surface area contributed by atoms with E-state index in [0.29, 0.717) is 13.0 Å². The molecule has 108 valence electrons. The number of ether oxygens (including phenoxy) is 1. The average molecular weight is 274 g/mol.